The Bertz CT molecular complexity index is 982. The van der Waals surface area contributed by atoms with E-state index < -0.39 is 57.6 Å². The van der Waals surface area contributed by atoms with Crippen molar-refractivity contribution in [3.8, 4) is 0 Å². The molecule has 1 spiro atoms. The predicted octanol–water partition coefficient (Wildman–Crippen LogP) is 2.13. The molecule has 2 saturated carbocycles. The van der Waals surface area contributed by atoms with Crippen molar-refractivity contribution < 1.29 is 38.1 Å². The lowest BCUT2D eigenvalue weighted by Gasteiger charge is -2.64. The maximum Gasteiger partial charge on any atom is 0.347 e. The maximum absolute atomic E-state index is 14.0. The number of esters is 3. The SMILES string of the molecule is COC(=O)[C@@H]1OC(=O)[C@H]2O[C@@]23[C@@]1(C)CC[C@@H]1[C@@]2(C)C=CC(=O)OC(C)(C)[C@@H]2CC(=O)[C@]13C. The summed E-state index contributed by atoms with van der Waals surface area (Å²) in [5.41, 5.74) is -4.49. The quantitative estimate of drug-likeness (QED) is 0.342. The molecule has 2 saturated heterocycles. The number of fused-ring (bicyclic) bond motifs is 3. The largest absolute Gasteiger partial charge is 0.466 e. The fraction of sp³-hybridized carbons (Fsp3) is 0.750. The van der Waals surface area contributed by atoms with Crippen LogP contribution in [-0.4, -0.2) is 54.2 Å². The van der Waals surface area contributed by atoms with Crippen molar-refractivity contribution in [3.05, 3.63) is 12.2 Å². The van der Waals surface area contributed by atoms with Gasteiger partial charge in [0.25, 0.3) is 0 Å². The Balaban J connectivity index is 1.69. The first-order valence-corrected chi connectivity index (χ1v) is 11.2. The summed E-state index contributed by atoms with van der Waals surface area (Å²) in [6.45, 7) is 9.51. The van der Waals surface area contributed by atoms with E-state index in [0.717, 1.165) is 0 Å². The van der Waals surface area contributed by atoms with Crippen LogP contribution in [0.1, 0.15) is 53.9 Å². The molecule has 8 atom stereocenters. The Morgan fingerprint density at radius 1 is 1.09 bits per heavy atom. The highest BCUT2D eigenvalue weighted by Gasteiger charge is 2.88. The van der Waals surface area contributed by atoms with Gasteiger partial charge in [0, 0.05) is 23.8 Å². The van der Waals surface area contributed by atoms with E-state index in [4.69, 9.17) is 18.9 Å². The smallest absolute Gasteiger partial charge is 0.347 e. The Hall–Kier alpha value is -2.22. The molecule has 32 heavy (non-hydrogen) atoms. The molecule has 0 N–H and O–H groups in total. The second-order valence-electron chi connectivity index (χ2n) is 11.2. The van der Waals surface area contributed by atoms with Crippen LogP contribution in [0.15, 0.2) is 12.2 Å². The van der Waals surface area contributed by atoms with Gasteiger partial charge in [-0.3, -0.25) is 4.79 Å². The molecule has 0 amide bonds. The van der Waals surface area contributed by atoms with Crippen molar-refractivity contribution in [1.29, 1.82) is 0 Å². The number of hydrogen-bond acceptors (Lipinski definition) is 8. The highest BCUT2D eigenvalue weighted by molar-refractivity contribution is 5.95. The van der Waals surface area contributed by atoms with E-state index in [2.05, 4.69) is 6.92 Å². The van der Waals surface area contributed by atoms with Gasteiger partial charge in [-0.1, -0.05) is 19.9 Å². The third kappa shape index (κ3) is 2.17. The van der Waals surface area contributed by atoms with Crippen LogP contribution in [0.3, 0.4) is 0 Å². The maximum atomic E-state index is 14.0. The molecule has 5 aliphatic rings. The Kier molecular flexibility index (Phi) is 4.06. The number of epoxide rings is 1. The predicted molar refractivity (Wildman–Crippen MR) is 109 cm³/mol. The summed E-state index contributed by atoms with van der Waals surface area (Å²) in [6.07, 6.45) is 2.60. The lowest BCUT2D eigenvalue weighted by Crippen LogP contribution is -2.73. The van der Waals surface area contributed by atoms with Crippen molar-refractivity contribution in [2.45, 2.75) is 77.3 Å². The minimum Gasteiger partial charge on any atom is -0.466 e. The summed E-state index contributed by atoms with van der Waals surface area (Å²) in [7, 11) is 1.26. The number of carbonyl (C=O) groups is 4. The number of hydrogen-bond donors (Lipinski definition) is 0. The second-order valence-corrected chi connectivity index (χ2v) is 11.2. The van der Waals surface area contributed by atoms with Gasteiger partial charge in [0.05, 0.1) is 12.5 Å². The first kappa shape index (κ1) is 21.6. The van der Waals surface area contributed by atoms with Gasteiger partial charge in [-0.15, -0.1) is 0 Å². The minimum absolute atomic E-state index is 0.0314. The number of methoxy groups -OCH3 is 1. The molecule has 0 bridgehead atoms. The van der Waals surface area contributed by atoms with Crippen molar-refractivity contribution in [2.24, 2.45) is 28.1 Å². The van der Waals surface area contributed by atoms with E-state index in [-0.39, 0.29) is 24.0 Å². The van der Waals surface area contributed by atoms with E-state index in [1.54, 1.807) is 0 Å². The van der Waals surface area contributed by atoms with Gasteiger partial charge in [-0.05, 0) is 44.9 Å². The molecule has 0 unspecified atom stereocenters. The monoisotopic (exact) mass is 446 g/mol. The van der Waals surface area contributed by atoms with Gasteiger partial charge in [-0.2, -0.15) is 0 Å². The third-order valence-electron chi connectivity index (χ3n) is 9.58. The van der Waals surface area contributed by atoms with Crippen molar-refractivity contribution in [1.82, 2.24) is 0 Å². The summed E-state index contributed by atoms with van der Waals surface area (Å²) < 4.78 is 22.3. The molecule has 3 aliphatic heterocycles. The summed E-state index contributed by atoms with van der Waals surface area (Å²) in [5.74, 6) is -2.17. The fourth-order valence-electron chi connectivity index (χ4n) is 8.05. The number of ketones is 1. The van der Waals surface area contributed by atoms with Crippen molar-refractivity contribution in [3.63, 3.8) is 0 Å². The fourth-order valence-corrected chi connectivity index (χ4v) is 8.05. The number of cyclic esters (lactones) is 2. The van der Waals surface area contributed by atoms with Gasteiger partial charge >= 0.3 is 17.9 Å². The normalized spacial score (nSPS) is 50.5. The average Bonchev–Trinajstić information content (AvgIpc) is 3.49. The summed E-state index contributed by atoms with van der Waals surface area (Å²) >= 11 is 0. The van der Waals surface area contributed by atoms with Crippen LogP contribution >= 0.6 is 0 Å². The van der Waals surface area contributed by atoms with E-state index in [9.17, 15) is 19.2 Å². The topological polar surface area (TPSA) is 108 Å². The molecular weight excluding hydrogens is 416 g/mol. The molecule has 0 radical (unpaired) electrons. The van der Waals surface area contributed by atoms with E-state index in [1.807, 2.05) is 33.8 Å². The number of Topliss-reactive ketones (excluding diaryl/α,β-unsaturated/α-hetero) is 1. The van der Waals surface area contributed by atoms with Crippen molar-refractivity contribution >= 4 is 23.7 Å². The number of carbonyl (C=O) groups excluding carboxylic acids is 4. The van der Waals surface area contributed by atoms with Crippen LogP contribution < -0.4 is 0 Å². The molecule has 2 aliphatic carbocycles. The lowest BCUT2D eigenvalue weighted by molar-refractivity contribution is -0.219. The Morgan fingerprint density at radius 2 is 1.78 bits per heavy atom. The van der Waals surface area contributed by atoms with Crippen LogP contribution in [0.5, 0.6) is 0 Å². The number of rotatable bonds is 1. The van der Waals surface area contributed by atoms with Crippen LogP contribution in [0, 0.1) is 28.1 Å². The summed E-state index contributed by atoms with van der Waals surface area (Å²) in [4.78, 5) is 51.7. The van der Waals surface area contributed by atoms with Crippen LogP contribution in [-0.2, 0) is 38.1 Å². The molecule has 5 rings (SSSR count). The van der Waals surface area contributed by atoms with E-state index in [1.165, 1.54) is 13.2 Å². The first-order valence-electron chi connectivity index (χ1n) is 11.2. The van der Waals surface area contributed by atoms with Crippen LogP contribution in [0.25, 0.3) is 0 Å². The Labute approximate surface area is 187 Å². The molecule has 174 valence electrons. The number of ether oxygens (including phenoxy) is 4. The zero-order valence-electron chi connectivity index (χ0n) is 19.4. The summed E-state index contributed by atoms with van der Waals surface area (Å²) in [5, 5.41) is 0. The molecule has 4 fully saturated rings. The minimum atomic E-state index is -1.16. The van der Waals surface area contributed by atoms with Gasteiger partial charge in [0.1, 0.15) is 17.0 Å². The molecular formula is C24H30O8. The Morgan fingerprint density at radius 3 is 2.44 bits per heavy atom. The standard InChI is InChI=1S/C24H30O8/c1-20(2)13-11-14(25)23(5)12(21(13,3)9-8-15(26)31-20)7-10-22(4)16(18(27)29-6)30-19(28)17-24(22,23)32-17/h8-9,12-13,16-17H,7,10-11H2,1-6H3/t12-,13+,16+,17-,21-,22+,23+,24-/m1/s1. The van der Waals surface area contributed by atoms with Crippen LogP contribution in [0.4, 0.5) is 0 Å². The summed E-state index contributed by atoms with van der Waals surface area (Å²) in [6, 6.07) is 0. The highest BCUT2D eigenvalue weighted by atomic mass is 16.7. The van der Waals surface area contributed by atoms with Gasteiger partial charge in [-0.25, -0.2) is 14.4 Å². The number of allylic oxidation sites excluding steroid dienone is 1. The van der Waals surface area contributed by atoms with Gasteiger partial charge < -0.3 is 18.9 Å². The first-order chi connectivity index (χ1) is 14.8. The second kappa shape index (κ2) is 6.01. The van der Waals surface area contributed by atoms with Crippen LogP contribution in [0.2, 0.25) is 0 Å². The molecule has 0 aromatic carbocycles. The van der Waals surface area contributed by atoms with E-state index in [0.29, 0.717) is 12.8 Å². The zero-order chi connectivity index (χ0) is 23.5. The van der Waals surface area contributed by atoms with Gasteiger partial charge in [0.15, 0.2) is 6.10 Å². The highest BCUT2D eigenvalue weighted by Crippen LogP contribution is 2.76. The molecule has 0 aromatic heterocycles. The van der Waals surface area contributed by atoms with Crippen molar-refractivity contribution in [2.75, 3.05) is 7.11 Å². The molecule has 8 heteroatoms. The molecule has 8 nitrogen and oxygen atoms in total. The lowest BCUT2D eigenvalue weighted by atomic mass is 9.38. The third-order valence-corrected chi connectivity index (χ3v) is 9.58. The molecule has 3 heterocycles. The van der Waals surface area contributed by atoms with E-state index >= 15 is 0 Å². The average molecular weight is 446 g/mol. The zero-order valence-corrected chi connectivity index (χ0v) is 19.4. The van der Waals surface area contributed by atoms with Gasteiger partial charge in [0.2, 0.25) is 6.10 Å². The molecule has 0 aromatic rings.